The molecule has 19 heavy (non-hydrogen) atoms. The minimum absolute atomic E-state index is 0.0988. The monoisotopic (exact) mass is 262 g/mol. The molecule has 3 heteroatoms. The number of likely N-dealkylation sites (tertiary alicyclic amines) is 1. The average Bonchev–Trinajstić information content (AvgIpc) is 2.42. The van der Waals surface area contributed by atoms with Gasteiger partial charge in [0.15, 0.2) is 0 Å². The summed E-state index contributed by atoms with van der Waals surface area (Å²) in [5, 5.41) is 9.27. The molecule has 1 fully saturated rings. The number of aliphatic hydroxyl groups is 1. The Morgan fingerprint density at radius 2 is 2.05 bits per heavy atom. The van der Waals surface area contributed by atoms with Crippen LogP contribution in [-0.2, 0) is 0 Å². The highest BCUT2D eigenvalue weighted by Gasteiger charge is 2.31. The van der Waals surface area contributed by atoms with Crippen LogP contribution in [0.4, 0.5) is 0 Å². The Hall–Kier alpha value is -0.900. The lowest BCUT2D eigenvalue weighted by Crippen LogP contribution is -2.48. The third-order valence-corrected chi connectivity index (χ3v) is 4.13. The van der Waals surface area contributed by atoms with E-state index in [1.807, 2.05) is 6.07 Å². The van der Waals surface area contributed by atoms with Gasteiger partial charge in [-0.2, -0.15) is 0 Å². The van der Waals surface area contributed by atoms with E-state index in [9.17, 15) is 5.11 Å². The van der Waals surface area contributed by atoms with Gasteiger partial charge in [-0.1, -0.05) is 36.8 Å². The Bertz CT molecular complexity index is 364. The zero-order valence-corrected chi connectivity index (χ0v) is 11.8. The molecule has 1 aliphatic heterocycles. The molecule has 0 amide bonds. The van der Waals surface area contributed by atoms with E-state index >= 15 is 0 Å². The molecule has 1 aromatic carbocycles. The molecule has 3 atom stereocenters. The van der Waals surface area contributed by atoms with E-state index in [1.54, 1.807) is 0 Å². The van der Waals surface area contributed by atoms with Gasteiger partial charge in [0.1, 0.15) is 0 Å². The number of aliphatic hydroxyl groups excluding tert-OH is 1. The lowest BCUT2D eigenvalue weighted by atomic mass is 9.91. The van der Waals surface area contributed by atoms with Crippen LogP contribution in [0.1, 0.15) is 44.2 Å². The number of hydrogen-bond acceptors (Lipinski definition) is 3. The number of benzene rings is 1. The maximum absolute atomic E-state index is 9.27. The van der Waals surface area contributed by atoms with Crippen LogP contribution in [0.2, 0.25) is 0 Å². The van der Waals surface area contributed by atoms with Gasteiger partial charge in [0, 0.05) is 24.7 Å². The Morgan fingerprint density at radius 1 is 1.32 bits per heavy atom. The van der Waals surface area contributed by atoms with E-state index in [0.717, 1.165) is 13.0 Å². The molecule has 0 bridgehead atoms. The third kappa shape index (κ3) is 3.56. The molecular weight excluding hydrogens is 236 g/mol. The lowest BCUT2D eigenvalue weighted by Gasteiger charge is -2.43. The summed E-state index contributed by atoms with van der Waals surface area (Å²) < 4.78 is 0. The Balaban J connectivity index is 2.22. The molecule has 1 aliphatic rings. The first kappa shape index (κ1) is 14.5. The highest BCUT2D eigenvalue weighted by atomic mass is 16.3. The molecule has 3 nitrogen and oxygen atoms in total. The van der Waals surface area contributed by atoms with Gasteiger partial charge in [0.2, 0.25) is 0 Å². The standard InChI is InChI=1S/C16H26N2O/c1-13(17)16(14-7-3-2-4-8-14)18-11-6-5-9-15(18)10-12-19/h2-4,7-8,13,15-16,19H,5-6,9-12,17H2,1H3. The van der Waals surface area contributed by atoms with Crippen molar-refractivity contribution in [2.75, 3.05) is 13.2 Å². The third-order valence-electron chi connectivity index (χ3n) is 4.13. The van der Waals surface area contributed by atoms with E-state index in [4.69, 9.17) is 5.73 Å². The summed E-state index contributed by atoms with van der Waals surface area (Å²) in [7, 11) is 0. The summed E-state index contributed by atoms with van der Waals surface area (Å²) in [6.07, 6.45) is 4.53. The number of nitrogens with zero attached hydrogens (tertiary/aromatic N) is 1. The van der Waals surface area contributed by atoms with Crippen molar-refractivity contribution in [1.82, 2.24) is 4.90 Å². The van der Waals surface area contributed by atoms with Gasteiger partial charge >= 0.3 is 0 Å². The van der Waals surface area contributed by atoms with Gasteiger partial charge < -0.3 is 10.8 Å². The molecule has 1 aromatic rings. The molecule has 2 rings (SSSR count). The van der Waals surface area contributed by atoms with Gasteiger partial charge in [0.05, 0.1) is 0 Å². The van der Waals surface area contributed by atoms with Crippen molar-refractivity contribution < 1.29 is 5.11 Å². The summed E-state index contributed by atoms with van der Waals surface area (Å²) in [4.78, 5) is 2.51. The Labute approximate surface area is 116 Å². The normalized spacial score (nSPS) is 24.1. The molecule has 0 aromatic heterocycles. The number of rotatable bonds is 5. The van der Waals surface area contributed by atoms with Crippen molar-refractivity contribution >= 4 is 0 Å². The number of piperidine rings is 1. The van der Waals surface area contributed by atoms with Gasteiger partial charge in [-0.05, 0) is 38.3 Å². The fraction of sp³-hybridized carbons (Fsp3) is 0.625. The first-order valence-corrected chi connectivity index (χ1v) is 7.41. The fourth-order valence-corrected chi connectivity index (χ4v) is 3.30. The van der Waals surface area contributed by atoms with Crippen molar-refractivity contribution in [2.45, 2.75) is 50.7 Å². The van der Waals surface area contributed by atoms with Gasteiger partial charge in [-0.3, -0.25) is 4.90 Å². The number of hydrogen-bond donors (Lipinski definition) is 2. The first-order chi connectivity index (χ1) is 9.24. The van der Waals surface area contributed by atoms with Crippen molar-refractivity contribution in [3.05, 3.63) is 35.9 Å². The van der Waals surface area contributed by atoms with Crippen LogP contribution in [0.25, 0.3) is 0 Å². The molecule has 1 saturated heterocycles. The molecule has 0 aliphatic carbocycles. The highest BCUT2D eigenvalue weighted by Crippen LogP contribution is 2.31. The van der Waals surface area contributed by atoms with Gasteiger partial charge in [-0.25, -0.2) is 0 Å². The predicted molar refractivity (Wildman–Crippen MR) is 78.9 cm³/mol. The molecule has 0 spiro atoms. The second kappa shape index (κ2) is 7.04. The molecule has 3 unspecified atom stereocenters. The molecule has 106 valence electrons. The van der Waals surface area contributed by atoms with E-state index in [1.165, 1.54) is 24.8 Å². The summed E-state index contributed by atoms with van der Waals surface area (Å²) >= 11 is 0. The van der Waals surface area contributed by atoms with Crippen LogP contribution in [0.3, 0.4) is 0 Å². The SMILES string of the molecule is CC(N)C(c1ccccc1)N1CCCCC1CCO. The second-order valence-corrected chi connectivity index (χ2v) is 5.61. The van der Waals surface area contributed by atoms with E-state index in [-0.39, 0.29) is 18.7 Å². The summed E-state index contributed by atoms with van der Waals surface area (Å²) in [6.45, 7) is 3.44. The van der Waals surface area contributed by atoms with Gasteiger partial charge in [-0.15, -0.1) is 0 Å². The second-order valence-electron chi connectivity index (χ2n) is 5.61. The van der Waals surface area contributed by atoms with Crippen LogP contribution >= 0.6 is 0 Å². The van der Waals surface area contributed by atoms with Crippen molar-refractivity contribution in [3.63, 3.8) is 0 Å². The first-order valence-electron chi connectivity index (χ1n) is 7.41. The Kier molecular flexibility index (Phi) is 5.37. The fourth-order valence-electron chi connectivity index (χ4n) is 3.30. The molecule has 0 radical (unpaired) electrons. The largest absolute Gasteiger partial charge is 0.396 e. The lowest BCUT2D eigenvalue weighted by molar-refractivity contribution is 0.0653. The van der Waals surface area contributed by atoms with E-state index in [2.05, 4.69) is 36.1 Å². The zero-order valence-electron chi connectivity index (χ0n) is 11.8. The topological polar surface area (TPSA) is 49.5 Å². The molecule has 0 saturated carbocycles. The Morgan fingerprint density at radius 3 is 2.68 bits per heavy atom. The van der Waals surface area contributed by atoms with Crippen LogP contribution in [0.5, 0.6) is 0 Å². The maximum Gasteiger partial charge on any atom is 0.0499 e. The quantitative estimate of drug-likeness (QED) is 0.856. The number of nitrogens with two attached hydrogens (primary N) is 1. The van der Waals surface area contributed by atoms with Crippen molar-refractivity contribution in [1.29, 1.82) is 0 Å². The summed E-state index contributed by atoms with van der Waals surface area (Å²) in [5.41, 5.74) is 7.55. The van der Waals surface area contributed by atoms with Crippen molar-refractivity contribution in [3.8, 4) is 0 Å². The van der Waals surface area contributed by atoms with Crippen LogP contribution < -0.4 is 5.73 Å². The van der Waals surface area contributed by atoms with Crippen LogP contribution in [-0.4, -0.2) is 35.2 Å². The van der Waals surface area contributed by atoms with E-state index < -0.39 is 0 Å². The minimum Gasteiger partial charge on any atom is -0.396 e. The molecule has 3 N–H and O–H groups in total. The van der Waals surface area contributed by atoms with Crippen molar-refractivity contribution in [2.24, 2.45) is 5.73 Å². The van der Waals surface area contributed by atoms with Crippen LogP contribution in [0, 0.1) is 0 Å². The zero-order chi connectivity index (χ0) is 13.7. The highest BCUT2D eigenvalue weighted by molar-refractivity contribution is 5.21. The van der Waals surface area contributed by atoms with Crippen LogP contribution in [0.15, 0.2) is 30.3 Å². The van der Waals surface area contributed by atoms with E-state index in [0.29, 0.717) is 6.04 Å². The maximum atomic E-state index is 9.27. The minimum atomic E-state index is 0.0988. The smallest absolute Gasteiger partial charge is 0.0499 e. The molecule has 1 heterocycles. The predicted octanol–water partition coefficient (Wildman–Crippen LogP) is 2.31. The summed E-state index contributed by atoms with van der Waals surface area (Å²) in [6, 6.07) is 11.4. The van der Waals surface area contributed by atoms with Gasteiger partial charge in [0.25, 0.3) is 0 Å². The average molecular weight is 262 g/mol. The molecular formula is C16H26N2O. The summed E-state index contributed by atoms with van der Waals surface area (Å²) in [5.74, 6) is 0.